The summed E-state index contributed by atoms with van der Waals surface area (Å²) in [5.74, 6) is 5.34. The number of carbonyl (C=O) groups is 1. The number of phenols is 1. The van der Waals surface area contributed by atoms with Gasteiger partial charge in [0, 0.05) is 22.1 Å². The van der Waals surface area contributed by atoms with Crippen LogP contribution >= 0.6 is 11.6 Å². The number of aromatic nitrogens is 3. The normalized spacial score (nSPS) is 12.3. The highest BCUT2D eigenvalue weighted by atomic mass is 35.5. The van der Waals surface area contributed by atoms with Crippen LogP contribution in [0.2, 0.25) is 5.02 Å². The first kappa shape index (κ1) is 25.6. The first-order valence-electron chi connectivity index (χ1n) is 11.7. The molecule has 34 heavy (non-hydrogen) atoms. The number of hydrogen-bond acceptors (Lipinski definition) is 5. The van der Waals surface area contributed by atoms with Crippen molar-refractivity contribution >= 4 is 28.6 Å². The van der Waals surface area contributed by atoms with Crippen LogP contribution in [-0.2, 0) is 14.9 Å². The van der Waals surface area contributed by atoms with Crippen molar-refractivity contribution < 1.29 is 14.6 Å². The molecular weight excluding hydrogens is 450 g/mol. The maximum absolute atomic E-state index is 12.3. The third kappa shape index (κ3) is 6.30. The Kier molecular flexibility index (Phi) is 8.22. The molecule has 180 valence electrons. The minimum Gasteiger partial charge on any atom is -0.505 e. The van der Waals surface area contributed by atoms with Gasteiger partial charge in [-0.1, -0.05) is 71.4 Å². The Bertz CT molecular complexity index is 1230. The molecule has 0 saturated carbocycles. The zero-order valence-corrected chi connectivity index (χ0v) is 21.2. The van der Waals surface area contributed by atoms with Crippen LogP contribution in [0.25, 0.3) is 16.7 Å². The minimum absolute atomic E-state index is 0.0636. The van der Waals surface area contributed by atoms with E-state index >= 15 is 0 Å². The van der Waals surface area contributed by atoms with Crippen LogP contribution in [0.1, 0.15) is 71.4 Å². The lowest BCUT2D eigenvalue weighted by atomic mass is 9.85. The van der Waals surface area contributed by atoms with Crippen molar-refractivity contribution in [3.05, 3.63) is 46.5 Å². The van der Waals surface area contributed by atoms with Gasteiger partial charge in [-0.05, 0) is 48.1 Å². The molecule has 0 bridgehead atoms. The number of hydrogen-bond donors (Lipinski definition) is 1. The molecule has 7 heteroatoms. The average Bonchev–Trinajstić information content (AvgIpc) is 3.20. The largest absolute Gasteiger partial charge is 0.505 e. The van der Waals surface area contributed by atoms with Crippen molar-refractivity contribution in [3.63, 3.8) is 0 Å². The van der Waals surface area contributed by atoms with E-state index < -0.39 is 5.97 Å². The van der Waals surface area contributed by atoms with Gasteiger partial charge in [-0.2, -0.15) is 0 Å². The summed E-state index contributed by atoms with van der Waals surface area (Å²) in [6.45, 7) is 10.6. The van der Waals surface area contributed by atoms with Gasteiger partial charge in [0.15, 0.2) is 0 Å². The number of unbranched alkanes of at least 4 members (excludes halogenated alkanes) is 1. The third-order valence-corrected chi connectivity index (χ3v) is 5.99. The van der Waals surface area contributed by atoms with Crippen LogP contribution in [0.4, 0.5) is 0 Å². The van der Waals surface area contributed by atoms with E-state index in [0.29, 0.717) is 45.4 Å². The second kappa shape index (κ2) is 10.9. The Morgan fingerprint density at radius 1 is 1.18 bits per heavy atom. The Labute approximate surface area is 206 Å². The first-order chi connectivity index (χ1) is 16.1. The predicted molar refractivity (Wildman–Crippen MR) is 135 cm³/mol. The Hall–Kier alpha value is -3.04. The fourth-order valence-corrected chi connectivity index (χ4v) is 3.83. The van der Waals surface area contributed by atoms with Gasteiger partial charge in [-0.3, -0.25) is 0 Å². The summed E-state index contributed by atoms with van der Waals surface area (Å²) in [5.41, 5.74) is 2.50. The molecule has 3 rings (SSSR count). The number of carbonyl (C=O) groups excluding carboxylic acids is 1. The summed E-state index contributed by atoms with van der Waals surface area (Å²) in [6.07, 6.45) is 4.25. The summed E-state index contributed by atoms with van der Waals surface area (Å²) >= 11 is 6.08. The van der Waals surface area contributed by atoms with E-state index in [9.17, 15) is 9.90 Å². The third-order valence-electron chi connectivity index (χ3n) is 5.76. The molecule has 3 aromatic rings. The van der Waals surface area contributed by atoms with E-state index in [4.69, 9.17) is 16.3 Å². The summed E-state index contributed by atoms with van der Waals surface area (Å²) in [4.78, 5) is 13.6. The van der Waals surface area contributed by atoms with Gasteiger partial charge < -0.3 is 9.84 Å². The maximum atomic E-state index is 12.3. The van der Waals surface area contributed by atoms with Gasteiger partial charge in [-0.25, -0.2) is 4.79 Å². The topological polar surface area (TPSA) is 77.2 Å². The van der Waals surface area contributed by atoms with Crippen molar-refractivity contribution in [1.82, 2.24) is 15.0 Å². The summed E-state index contributed by atoms with van der Waals surface area (Å²) in [6, 6.07) is 8.68. The lowest BCUT2D eigenvalue weighted by molar-refractivity contribution is -0.138. The van der Waals surface area contributed by atoms with Crippen LogP contribution in [0.3, 0.4) is 0 Å². The zero-order chi connectivity index (χ0) is 24.9. The van der Waals surface area contributed by atoms with Crippen LogP contribution < -0.4 is 0 Å². The van der Waals surface area contributed by atoms with Gasteiger partial charge in [0.05, 0.1) is 6.61 Å². The highest BCUT2D eigenvalue weighted by Crippen LogP contribution is 2.36. The highest BCUT2D eigenvalue weighted by molar-refractivity contribution is 6.31. The molecule has 1 atom stereocenters. The van der Waals surface area contributed by atoms with Crippen LogP contribution in [0, 0.1) is 17.8 Å². The standard InChI is InChI=1S/C27H32ClN3O3/c1-6-8-9-18(7-2)17-34-25(32)13-10-19-14-21(27(3,4)5)26(33)24(15-19)31-29-22-12-11-20(28)16-23(22)30-31/h11-12,14-16,18,33H,6-9,17H2,1-5H3. The number of nitrogens with zero attached hydrogens (tertiary/aromatic N) is 3. The molecule has 0 aliphatic heterocycles. The molecule has 2 aromatic carbocycles. The van der Waals surface area contributed by atoms with Gasteiger partial charge in [0.25, 0.3) is 0 Å². The van der Waals surface area contributed by atoms with E-state index in [1.165, 1.54) is 4.80 Å². The van der Waals surface area contributed by atoms with E-state index in [2.05, 4.69) is 35.9 Å². The van der Waals surface area contributed by atoms with E-state index in [1.807, 2.05) is 20.8 Å². The number of ether oxygens (including phenoxy) is 1. The fourth-order valence-electron chi connectivity index (χ4n) is 3.66. The van der Waals surface area contributed by atoms with Crippen LogP contribution in [0.15, 0.2) is 30.3 Å². The highest BCUT2D eigenvalue weighted by Gasteiger charge is 2.23. The van der Waals surface area contributed by atoms with Crippen LogP contribution in [-0.4, -0.2) is 32.7 Å². The molecule has 0 amide bonds. The maximum Gasteiger partial charge on any atom is 0.384 e. The molecule has 0 saturated heterocycles. The second-order valence-corrected chi connectivity index (χ2v) is 9.97. The summed E-state index contributed by atoms with van der Waals surface area (Å²) < 4.78 is 5.40. The predicted octanol–water partition coefficient (Wildman–Crippen LogP) is 6.19. The molecule has 1 N–H and O–H groups in total. The number of fused-ring (bicyclic) bond motifs is 1. The van der Waals surface area contributed by atoms with Gasteiger partial charge in [0.1, 0.15) is 22.5 Å². The molecule has 0 aliphatic carbocycles. The number of aromatic hydroxyl groups is 1. The second-order valence-electron chi connectivity index (χ2n) is 9.53. The summed E-state index contributed by atoms with van der Waals surface area (Å²) in [7, 11) is 0. The van der Waals surface area contributed by atoms with Crippen molar-refractivity contribution in [2.45, 2.75) is 65.7 Å². The molecule has 0 fully saturated rings. The minimum atomic E-state index is -0.556. The Morgan fingerprint density at radius 2 is 1.91 bits per heavy atom. The monoisotopic (exact) mass is 481 g/mol. The van der Waals surface area contributed by atoms with Crippen molar-refractivity contribution in [2.75, 3.05) is 6.61 Å². The number of halogens is 1. The van der Waals surface area contributed by atoms with E-state index in [-0.39, 0.29) is 11.2 Å². The molecule has 0 spiro atoms. The molecule has 1 unspecified atom stereocenters. The number of rotatable bonds is 7. The van der Waals surface area contributed by atoms with E-state index in [1.54, 1.807) is 30.3 Å². The van der Waals surface area contributed by atoms with Crippen molar-refractivity contribution in [2.24, 2.45) is 5.92 Å². The number of benzene rings is 2. The molecule has 0 aliphatic rings. The lowest BCUT2D eigenvalue weighted by Gasteiger charge is -2.22. The molecule has 1 heterocycles. The van der Waals surface area contributed by atoms with Crippen molar-refractivity contribution in [1.29, 1.82) is 0 Å². The Balaban J connectivity index is 1.92. The summed E-state index contributed by atoms with van der Waals surface area (Å²) in [5, 5.41) is 20.5. The average molecular weight is 482 g/mol. The Morgan fingerprint density at radius 3 is 2.59 bits per heavy atom. The number of phenolic OH excluding ortho intramolecular Hbond substituents is 1. The van der Waals surface area contributed by atoms with Gasteiger partial charge in [-0.15, -0.1) is 15.0 Å². The quantitative estimate of drug-likeness (QED) is 0.321. The molecular formula is C27H32ClN3O3. The molecule has 1 aromatic heterocycles. The van der Waals surface area contributed by atoms with Gasteiger partial charge >= 0.3 is 5.97 Å². The SMILES string of the molecule is CCCCC(CC)COC(=O)C#Cc1cc(-n2nc3ccc(Cl)cc3n2)c(O)c(C(C)(C)C)c1. The first-order valence-corrected chi connectivity index (χ1v) is 12.1. The smallest absolute Gasteiger partial charge is 0.384 e. The van der Waals surface area contributed by atoms with Crippen LogP contribution in [0.5, 0.6) is 5.75 Å². The van der Waals surface area contributed by atoms with Gasteiger partial charge in [0.2, 0.25) is 0 Å². The zero-order valence-electron chi connectivity index (χ0n) is 20.5. The molecule has 0 radical (unpaired) electrons. The number of esters is 1. The fraction of sp³-hybridized carbons (Fsp3) is 0.444. The molecule has 6 nitrogen and oxygen atoms in total. The van der Waals surface area contributed by atoms with E-state index in [0.717, 1.165) is 25.7 Å². The van der Waals surface area contributed by atoms with Crippen molar-refractivity contribution in [3.8, 4) is 23.3 Å². The lowest BCUT2D eigenvalue weighted by Crippen LogP contribution is -2.14.